The van der Waals surface area contributed by atoms with Crippen molar-refractivity contribution < 1.29 is 9.53 Å². The molecule has 1 saturated heterocycles. The van der Waals surface area contributed by atoms with Gasteiger partial charge >= 0.3 is 0 Å². The van der Waals surface area contributed by atoms with Gasteiger partial charge in [-0.25, -0.2) is 0 Å². The van der Waals surface area contributed by atoms with Gasteiger partial charge in [-0.05, 0) is 53.6 Å². The van der Waals surface area contributed by atoms with Gasteiger partial charge < -0.3 is 9.64 Å². The highest BCUT2D eigenvalue weighted by molar-refractivity contribution is 7.11. The lowest BCUT2D eigenvalue weighted by Gasteiger charge is -2.26. The van der Waals surface area contributed by atoms with E-state index in [9.17, 15) is 14.9 Å². The van der Waals surface area contributed by atoms with Crippen LogP contribution in [0, 0.1) is 18.3 Å². The molecule has 33 heavy (non-hydrogen) atoms. The summed E-state index contributed by atoms with van der Waals surface area (Å²) >= 11 is 2.74. The number of carbonyl (C=O) groups excluding carboxylic acids is 1. The third-order valence-corrected chi connectivity index (χ3v) is 7.70. The maximum absolute atomic E-state index is 13.5. The Labute approximate surface area is 200 Å². The Hall–Kier alpha value is -2.99. The highest BCUT2D eigenvalue weighted by atomic mass is 32.1. The number of rotatable bonds is 4. The van der Waals surface area contributed by atoms with Gasteiger partial charge in [-0.1, -0.05) is 26.0 Å². The van der Waals surface area contributed by atoms with Gasteiger partial charge in [0.25, 0.3) is 11.5 Å². The number of thiophene rings is 1. The third kappa shape index (κ3) is 4.71. The van der Waals surface area contributed by atoms with Crippen molar-refractivity contribution in [2.24, 2.45) is 0 Å². The van der Waals surface area contributed by atoms with Crippen LogP contribution in [0.4, 0.5) is 0 Å². The minimum atomic E-state index is -0.367. The molecule has 1 aliphatic heterocycles. The average Bonchev–Trinajstić information content (AvgIpc) is 3.37. The highest BCUT2D eigenvalue weighted by Gasteiger charge is 2.24. The number of thiazole rings is 1. The number of hydrogen-bond donors (Lipinski definition) is 0. The third-order valence-electron chi connectivity index (χ3n) is 5.64. The molecule has 0 radical (unpaired) electrons. The Morgan fingerprint density at radius 3 is 2.45 bits per heavy atom. The van der Waals surface area contributed by atoms with E-state index in [4.69, 9.17) is 4.74 Å². The molecule has 1 aromatic carbocycles. The normalized spacial score (nSPS) is 15.6. The largest absolute Gasteiger partial charge is 0.378 e. The van der Waals surface area contributed by atoms with Gasteiger partial charge in [0.15, 0.2) is 5.57 Å². The maximum atomic E-state index is 13.5. The summed E-state index contributed by atoms with van der Waals surface area (Å²) in [6, 6.07) is 11.8. The van der Waals surface area contributed by atoms with Crippen molar-refractivity contribution in [2.45, 2.75) is 26.7 Å². The first-order chi connectivity index (χ1) is 15.9. The minimum Gasteiger partial charge on any atom is -0.378 e. The first kappa shape index (κ1) is 23.2. The molecule has 170 valence electrons. The number of nitriles is 1. The van der Waals surface area contributed by atoms with Crippen LogP contribution < -0.4 is 14.8 Å². The Morgan fingerprint density at radius 1 is 1.18 bits per heavy atom. The van der Waals surface area contributed by atoms with Crippen molar-refractivity contribution in [2.75, 3.05) is 26.3 Å². The number of carbonyl (C=O) groups is 1. The van der Waals surface area contributed by atoms with E-state index >= 15 is 0 Å². The van der Waals surface area contributed by atoms with E-state index in [1.807, 2.05) is 48.7 Å². The minimum absolute atomic E-state index is 0.0190. The van der Waals surface area contributed by atoms with Crippen LogP contribution >= 0.6 is 22.7 Å². The predicted molar refractivity (Wildman–Crippen MR) is 132 cm³/mol. The van der Waals surface area contributed by atoms with E-state index in [0.29, 0.717) is 47.1 Å². The molecular weight excluding hydrogens is 454 g/mol. The van der Waals surface area contributed by atoms with Gasteiger partial charge in [0.1, 0.15) is 10.7 Å². The molecular formula is C25H25N3O3S2. The van der Waals surface area contributed by atoms with Crippen molar-refractivity contribution >= 4 is 40.2 Å². The molecule has 0 bridgehead atoms. The number of nitrogens with zero attached hydrogens (tertiary/aromatic N) is 3. The fraction of sp³-hybridized carbons (Fsp3) is 0.320. The Kier molecular flexibility index (Phi) is 6.94. The van der Waals surface area contributed by atoms with E-state index in [-0.39, 0.29) is 17.0 Å². The number of morpholine rings is 1. The van der Waals surface area contributed by atoms with Crippen LogP contribution in [0.5, 0.6) is 0 Å². The van der Waals surface area contributed by atoms with Crippen molar-refractivity contribution in [1.29, 1.82) is 5.26 Å². The lowest BCUT2D eigenvalue weighted by atomic mass is 10.0. The molecule has 8 heteroatoms. The second kappa shape index (κ2) is 9.87. The fourth-order valence-electron chi connectivity index (χ4n) is 3.66. The lowest BCUT2D eigenvalue weighted by Crippen LogP contribution is -2.42. The summed E-state index contributed by atoms with van der Waals surface area (Å²) in [5, 5.41) is 12.0. The molecule has 1 aliphatic rings. The molecule has 6 nitrogen and oxygen atoms in total. The molecule has 0 unspecified atom stereocenters. The Bertz CT molecular complexity index is 1380. The van der Waals surface area contributed by atoms with E-state index < -0.39 is 0 Å². The van der Waals surface area contributed by atoms with Crippen LogP contribution in [0.1, 0.15) is 35.8 Å². The molecule has 4 rings (SSSR count). The van der Waals surface area contributed by atoms with Crippen molar-refractivity contribution in [1.82, 2.24) is 9.47 Å². The lowest BCUT2D eigenvalue weighted by molar-refractivity contribution is -0.128. The smallest absolute Gasteiger partial charge is 0.273 e. The van der Waals surface area contributed by atoms with Crippen molar-refractivity contribution in [3.05, 3.63) is 71.3 Å². The number of benzene rings is 1. The van der Waals surface area contributed by atoms with E-state index in [2.05, 4.69) is 19.9 Å². The van der Waals surface area contributed by atoms with Gasteiger partial charge in [-0.3, -0.25) is 14.2 Å². The summed E-state index contributed by atoms with van der Waals surface area (Å²) in [7, 11) is 0. The van der Waals surface area contributed by atoms with Gasteiger partial charge in [0.2, 0.25) is 0 Å². The van der Waals surface area contributed by atoms with Crippen LogP contribution in [0.2, 0.25) is 0 Å². The zero-order valence-electron chi connectivity index (χ0n) is 18.8. The number of aryl methyl sites for hydroxylation is 1. The highest BCUT2D eigenvalue weighted by Crippen LogP contribution is 2.17. The van der Waals surface area contributed by atoms with E-state index in [0.717, 1.165) is 16.0 Å². The summed E-state index contributed by atoms with van der Waals surface area (Å²) in [6.07, 6.45) is 1.85. The molecule has 0 aliphatic carbocycles. The van der Waals surface area contributed by atoms with Crippen molar-refractivity contribution in [3.8, 4) is 11.8 Å². The average molecular weight is 480 g/mol. The topological polar surface area (TPSA) is 75.3 Å². The summed E-state index contributed by atoms with van der Waals surface area (Å²) in [4.78, 5) is 29.4. The maximum Gasteiger partial charge on any atom is 0.273 e. The number of ether oxygens (including phenoxy) is 1. The number of aromatic nitrogens is 1. The molecule has 0 N–H and O–H groups in total. The number of amides is 1. The standard InChI is InChI=1S/C25H25N3O3S2/c1-16(2)18-4-6-19(7-5-18)28-24(30)22(14-21-17(3)8-13-32-21)33-25(28)20(15-26)23(29)27-9-11-31-12-10-27/h4-8,13-14,16H,9-12H2,1-3H3/b22-14+,25-20-. The fourth-order valence-corrected chi connectivity index (χ4v) is 5.67. The molecule has 0 atom stereocenters. The first-order valence-corrected chi connectivity index (χ1v) is 12.5. The summed E-state index contributed by atoms with van der Waals surface area (Å²) in [5.41, 5.74) is 2.62. The monoisotopic (exact) mass is 479 g/mol. The van der Waals surface area contributed by atoms with Crippen LogP contribution in [0.15, 0.2) is 40.5 Å². The molecule has 3 heterocycles. The van der Waals surface area contributed by atoms with Crippen LogP contribution in [0.25, 0.3) is 17.3 Å². The summed E-state index contributed by atoms with van der Waals surface area (Å²) < 4.78 is 7.69. The molecule has 3 aromatic rings. The predicted octanol–water partition coefficient (Wildman–Crippen LogP) is 2.75. The quantitative estimate of drug-likeness (QED) is 0.577. The summed E-state index contributed by atoms with van der Waals surface area (Å²) in [6.45, 7) is 7.94. The summed E-state index contributed by atoms with van der Waals surface area (Å²) in [5.74, 6) is -0.0130. The second-order valence-electron chi connectivity index (χ2n) is 8.16. The van der Waals surface area contributed by atoms with Crippen LogP contribution in [0.3, 0.4) is 0 Å². The van der Waals surface area contributed by atoms with Gasteiger partial charge in [-0.15, -0.1) is 22.7 Å². The van der Waals surface area contributed by atoms with Gasteiger partial charge in [0, 0.05) is 18.0 Å². The molecule has 1 fully saturated rings. The molecule has 2 aromatic heterocycles. The SMILES string of the molecule is Cc1ccsc1/C=c1/s/c(=C(/C#N)C(=O)N2CCOCC2)n(-c2ccc(C(C)C)cc2)c1=O. The van der Waals surface area contributed by atoms with Gasteiger partial charge in [-0.2, -0.15) is 5.26 Å². The zero-order chi connectivity index (χ0) is 23.5. The van der Waals surface area contributed by atoms with Crippen molar-refractivity contribution in [3.63, 3.8) is 0 Å². The molecule has 1 amide bonds. The van der Waals surface area contributed by atoms with Crippen LogP contribution in [-0.4, -0.2) is 41.7 Å². The van der Waals surface area contributed by atoms with Crippen LogP contribution in [-0.2, 0) is 9.53 Å². The zero-order valence-corrected chi connectivity index (χ0v) is 20.5. The van der Waals surface area contributed by atoms with Gasteiger partial charge in [0.05, 0.1) is 23.4 Å². The Morgan fingerprint density at radius 2 is 1.88 bits per heavy atom. The molecule has 0 saturated carbocycles. The van der Waals surface area contributed by atoms with E-state index in [1.165, 1.54) is 15.9 Å². The first-order valence-electron chi connectivity index (χ1n) is 10.8. The molecule has 0 spiro atoms. The second-order valence-corrected chi connectivity index (χ2v) is 10.1. The number of hydrogen-bond acceptors (Lipinski definition) is 6. The van der Waals surface area contributed by atoms with E-state index in [1.54, 1.807) is 16.2 Å². The Balaban J connectivity index is 1.97.